The van der Waals surface area contributed by atoms with E-state index < -0.39 is 29.4 Å². The van der Waals surface area contributed by atoms with Crippen LogP contribution in [0.4, 0.5) is 15.3 Å². The van der Waals surface area contributed by atoms with Crippen molar-refractivity contribution in [1.29, 1.82) is 0 Å². The van der Waals surface area contributed by atoms with Crippen LogP contribution in [0.1, 0.15) is 53.1 Å². The number of carbonyl (C=O) groups is 2. The van der Waals surface area contributed by atoms with Gasteiger partial charge in [0, 0.05) is 13.3 Å². The van der Waals surface area contributed by atoms with Crippen molar-refractivity contribution in [3.05, 3.63) is 24.0 Å². The molecule has 1 atom stereocenters. The molecule has 1 heterocycles. The molecule has 0 saturated heterocycles. The topological polar surface area (TPSA) is 98.8 Å². The molecule has 1 rings (SSSR count). The maximum Gasteiger partial charge on any atom is 0.412 e. The zero-order valence-electron chi connectivity index (χ0n) is 16.5. The van der Waals surface area contributed by atoms with Crippen molar-refractivity contribution < 1.29 is 23.8 Å². The van der Waals surface area contributed by atoms with Gasteiger partial charge in [0.1, 0.15) is 11.2 Å². The molecule has 0 aliphatic heterocycles. The Labute approximate surface area is 154 Å². The van der Waals surface area contributed by atoms with Gasteiger partial charge >= 0.3 is 12.2 Å². The van der Waals surface area contributed by atoms with Gasteiger partial charge in [0.05, 0.1) is 24.5 Å². The van der Waals surface area contributed by atoms with Crippen LogP contribution in [-0.2, 0) is 14.2 Å². The molecule has 1 aromatic heterocycles. The van der Waals surface area contributed by atoms with Crippen LogP contribution in [0.15, 0.2) is 18.5 Å². The Morgan fingerprint density at radius 3 is 2.15 bits per heavy atom. The summed E-state index contributed by atoms with van der Waals surface area (Å²) >= 11 is 0. The van der Waals surface area contributed by atoms with E-state index in [2.05, 4.69) is 15.6 Å². The highest BCUT2D eigenvalue weighted by Crippen LogP contribution is 2.19. The van der Waals surface area contributed by atoms with Gasteiger partial charge in [0.25, 0.3) is 0 Å². The fourth-order valence-corrected chi connectivity index (χ4v) is 1.98. The third kappa shape index (κ3) is 8.66. The van der Waals surface area contributed by atoms with Crippen molar-refractivity contribution in [1.82, 2.24) is 10.3 Å². The van der Waals surface area contributed by atoms with Crippen LogP contribution in [0.25, 0.3) is 0 Å². The fourth-order valence-electron chi connectivity index (χ4n) is 1.98. The van der Waals surface area contributed by atoms with Gasteiger partial charge in [0.15, 0.2) is 0 Å². The van der Waals surface area contributed by atoms with E-state index in [9.17, 15) is 9.59 Å². The van der Waals surface area contributed by atoms with Crippen molar-refractivity contribution >= 4 is 17.9 Å². The molecule has 1 unspecified atom stereocenters. The molecule has 0 radical (unpaired) electrons. The summed E-state index contributed by atoms with van der Waals surface area (Å²) < 4.78 is 15.7. The first-order valence-corrected chi connectivity index (χ1v) is 8.33. The highest BCUT2D eigenvalue weighted by molar-refractivity contribution is 5.84. The van der Waals surface area contributed by atoms with E-state index in [1.54, 1.807) is 53.8 Å². The number of carbonyl (C=O) groups excluding carboxylic acids is 2. The highest BCUT2D eigenvalue weighted by atomic mass is 16.6. The third-order valence-corrected chi connectivity index (χ3v) is 2.83. The molecular weight excluding hydrogens is 338 g/mol. The third-order valence-electron chi connectivity index (χ3n) is 2.83. The monoisotopic (exact) mass is 367 g/mol. The number of pyridine rings is 1. The van der Waals surface area contributed by atoms with Crippen LogP contribution in [0.3, 0.4) is 0 Å². The van der Waals surface area contributed by atoms with Crippen LogP contribution in [-0.4, -0.2) is 42.1 Å². The lowest BCUT2D eigenvalue weighted by atomic mass is 10.1. The number of nitrogens with zero attached hydrogens (tertiary/aromatic N) is 1. The Hall–Kier alpha value is -2.35. The summed E-state index contributed by atoms with van der Waals surface area (Å²) in [5, 5.41) is 5.36. The van der Waals surface area contributed by atoms with E-state index in [4.69, 9.17) is 14.2 Å². The Kier molecular flexibility index (Phi) is 7.38. The summed E-state index contributed by atoms with van der Waals surface area (Å²) in [6.07, 6.45) is 1.93. The van der Waals surface area contributed by atoms with E-state index in [1.807, 2.05) is 0 Å². The largest absolute Gasteiger partial charge is 0.444 e. The number of amides is 2. The predicted molar refractivity (Wildman–Crippen MR) is 98.1 cm³/mol. The minimum absolute atomic E-state index is 0.219. The molecule has 0 aliphatic rings. The van der Waals surface area contributed by atoms with E-state index >= 15 is 0 Å². The number of aromatic nitrogens is 1. The van der Waals surface area contributed by atoms with Crippen LogP contribution in [0.2, 0.25) is 0 Å². The fraction of sp³-hybridized carbons (Fsp3) is 0.611. The lowest BCUT2D eigenvalue weighted by Crippen LogP contribution is -2.36. The van der Waals surface area contributed by atoms with Crippen molar-refractivity contribution in [2.45, 2.75) is 58.8 Å². The molecular formula is C18H29N3O5. The lowest BCUT2D eigenvalue weighted by Gasteiger charge is -2.24. The van der Waals surface area contributed by atoms with Crippen molar-refractivity contribution in [2.75, 3.05) is 19.0 Å². The molecule has 0 bridgehead atoms. The van der Waals surface area contributed by atoms with Crippen molar-refractivity contribution in [2.24, 2.45) is 0 Å². The zero-order valence-corrected chi connectivity index (χ0v) is 16.5. The number of methoxy groups -OCH3 is 1. The molecule has 0 aromatic carbocycles. The molecule has 8 nitrogen and oxygen atoms in total. The van der Waals surface area contributed by atoms with Gasteiger partial charge in [-0.05, 0) is 53.2 Å². The number of anilines is 1. The minimum Gasteiger partial charge on any atom is -0.444 e. The van der Waals surface area contributed by atoms with Gasteiger partial charge in [-0.2, -0.15) is 0 Å². The van der Waals surface area contributed by atoms with Crippen molar-refractivity contribution in [3.63, 3.8) is 0 Å². The number of hydrogen-bond acceptors (Lipinski definition) is 6. The van der Waals surface area contributed by atoms with Gasteiger partial charge in [-0.15, -0.1) is 0 Å². The molecule has 0 aliphatic carbocycles. The highest BCUT2D eigenvalue weighted by Gasteiger charge is 2.22. The molecule has 8 heteroatoms. The summed E-state index contributed by atoms with van der Waals surface area (Å²) in [4.78, 5) is 28.0. The first kappa shape index (κ1) is 21.7. The number of hydrogen-bond donors (Lipinski definition) is 2. The Balaban J connectivity index is 2.86. The zero-order chi connectivity index (χ0) is 20.0. The molecule has 0 saturated carbocycles. The summed E-state index contributed by atoms with van der Waals surface area (Å²) in [6, 6.07) is 1.21. The first-order chi connectivity index (χ1) is 11.9. The molecule has 0 spiro atoms. The van der Waals surface area contributed by atoms with E-state index in [-0.39, 0.29) is 6.61 Å². The molecule has 2 amide bonds. The number of rotatable bonds is 5. The normalized spacial score (nSPS) is 12.9. The van der Waals surface area contributed by atoms with Gasteiger partial charge in [-0.1, -0.05) is 0 Å². The van der Waals surface area contributed by atoms with Crippen molar-refractivity contribution in [3.8, 4) is 0 Å². The standard InChI is InChI=1S/C18H29N3O5/c1-17(2,3)25-15(22)20-13-8-12(9-19-10-13)14(11-24-7)21-16(23)26-18(4,5)6/h8-10,14H,11H2,1-7H3,(H,20,22)(H,21,23). The number of alkyl carbamates (subject to hydrolysis) is 1. The Morgan fingerprint density at radius 1 is 1.04 bits per heavy atom. The van der Waals surface area contributed by atoms with Gasteiger partial charge in [0.2, 0.25) is 0 Å². The summed E-state index contributed by atoms with van der Waals surface area (Å²) in [5.74, 6) is 0. The smallest absolute Gasteiger partial charge is 0.412 e. The summed E-state index contributed by atoms with van der Waals surface area (Å²) in [7, 11) is 1.53. The maximum atomic E-state index is 12.0. The maximum absolute atomic E-state index is 12.0. The summed E-state index contributed by atoms with van der Waals surface area (Å²) in [5.41, 5.74) is -0.110. The average Bonchev–Trinajstić information content (AvgIpc) is 2.43. The molecule has 1 aromatic rings. The minimum atomic E-state index is -0.611. The van der Waals surface area contributed by atoms with Gasteiger partial charge in [-0.25, -0.2) is 9.59 Å². The van der Waals surface area contributed by atoms with Gasteiger partial charge < -0.3 is 19.5 Å². The first-order valence-electron chi connectivity index (χ1n) is 8.33. The second-order valence-electron chi connectivity index (χ2n) is 7.79. The lowest BCUT2D eigenvalue weighted by molar-refractivity contribution is 0.0467. The van der Waals surface area contributed by atoms with Crippen LogP contribution in [0, 0.1) is 0 Å². The average molecular weight is 367 g/mol. The summed E-state index contributed by atoms with van der Waals surface area (Å²) in [6.45, 7) is 10.9. The Bertz CT molecular complexity index is 620. The Morgan fingerprint density at radius 2 is 1.62 bits per heavy atom. The molecule has 146 valence electrons. The van der Waals surface area contributed by atoms with Crippen LogP contribution in [0.5, 0.6) is 0 Å². The van der Waals surface area contributed by atoms with Crippen LogP contribution >= 0.6 is 0 Å². The van der Waals surface area contributed by atoms with E-state index in [0.717, 1.165) is 0 Å². The SMILES string of the molecule is COCC(NC(=O)OC(C)(C)C)c1cncc(NC(=O)OC(C)(C)C)c1. The number of nitrogens with one attached hydrogen (secondary N) is 2. The van der Waals surface area contributed by atoms with Crippen LogP contribution < -0.4 is 10.6 Å². The molecule has 0 fully saturated rings. The van der Waals surface area contributed by atoms with E-state index in [1.165, 1.54) is 13.3 Å². The number of ether oxygens (including phenoxy) is 3. The molecule has 26 heavy (non-hydrogen) atoms. The second kappa shape index (κ2) is 8.84. The quantitative estimate of drug-likeness (QED) is 0.824. The molecule has 2 N–H and O–H groups in total. The predicted octanol–water partition coefficient (Wildman–Crippen LogP) is 3.64. The van der Waals surface area contributed by atoms with Gasteiger partial charge in [-0.3, -0.25) is 10.3 Å². The van der Waals surface area contributed by atoms with E-state index in [0.29, 0.717) is 11.3 Å². The second-order valence-corrected chi connectivity index (χ2v) is 7.79.